The molecule has 1 aromatic carbocycles. The Bertz CT molecular complexity index is 1360. The van der Waals surface area contributed by atoms with Gasteiger partial charge in [-0.05, 0) is 33.6 Å². The minimum Gasteiger partial charge on any atom is -0.450 e. The minimum atomic E-state index is -3.51. The zero-order valence-electron chi connectivity index (χ0n) is 27.1. The van der Waals surface area contributed by atoms with Crippen molar-refractivity contribution in [1.29, 1.82) is 0 Å². The average molecular weight is 661 g/mol. The van der Waals surface area contributed by atoms with E-state index >= 15 is 0 Å². The summed E-state index contributed by atoms with van der Waals surface area (Å²) in [5.41, 5.74) is 0.829. The molecule has 2 atom stereocenters. The van der Waals surface area contributed by atoms with E-state index in [9.17, 15) is 18.9 Å². The van der Waals surface area contributed by atoms with Gasteiger partial charge >= 0.3 is 13.7 Å². The zero-order chi connectivity index (χ0) is 33.1. The Morgan fingerprint density at radius 2 is 1.63 bits per heavy atom. The van der Waals surface area contributed by atoms with Gasteiger partial charge in [0.1, 0.15) is 17.6 Å². The molecule has 3 amide bonds. The average Bonchev–Trinajstić information content (AvgIpc) is 3.56. The second-order valence-corrected chi connectivity index (χ2v) is 13.1. The van der Waals surface area contributed by atoms with Gasteiger partial charge in [0.25, 0.3) is 5.91 Å². The van der Waals surface area contributed by atoms with Crippen LogP contribution in [0.4, 0.5) is 10.6 Å². The van der Waals surface area contributed by atoms with Gasteiger partial charge in [0.15, 0.2) is 5.82 Å². The molecule has 2 fully saturated rings. The van der Waals surface area contributed by atoms with Crippen molar-refractivity contribution in [3.8, 4) is 11.4 Å². The number of amides is 3. The largest absolute Gasteiger partial charge is 0.450 e. The number of carbonyl (C=O) groups is 3. The zero-order valence-corrected chi connectivity index (χ0v) is 27.9. The fourth-order valence-electron chi connectivity index (χ4n) is 5.44. The van der Waals surface area contributed by atoms with Crippen molar-refractivity contribution in [3.05, 3.63) is 42.1 Å². The third kappa shape index (κ3) is 9.25. The van der Waals surface area contributed by atoms with E-state index in [1.54, 1.807) is 43.7 Å². The van der Waals surface area contributed by atoms with Crippen molar-refractivity contribution < 1.29 is 37.5 Å². The number of hydrogen-bond donors (Lipinski definition) is 1. The Kier molecular flexibility index (Phi) is 12.9. The van der Waals surface area contributed by atoms with Crippen LogP contribution in [0.5, 0.6) is 0 Å². The van der Waals surface area contributed by atoms with Crippen molar-refractivity contribution in [3.63, 3.8) is 0 Å². The highest BCUT2D eigenvalue weighted by atomic mass is 31.2. The summed E-state index contributed by atoms with van der Waals surface area (Å²) in [6.07, 6.45) is 0.362. The van der Waals surface area contributed by atoms with E-state index in [0.717, 1.165) is 12.0 Å². The molecular weight excluding hydrogens is 615 g/mol. The normalized spacial score (nSPS) is 17.6. The molecule has 0 bridgehead atoms. The maximum absolute atomic E-state index is 13.9. The molecule has 46 heavy (non-hydrogen) atoms. The first-order chi connectivity index (χ1) is 22.2. The third-order valence-corrected chi connectivity index (χ3v) is 9.95. The van der Waals surface area contributed by atoms with Gasteiger partial charge in [0.2, 0.25) is 5.91 Å². The quantitative estimate of drug-likeness (QED) is 0.297. The van der Waals surface area contributed by atoms with Gasteiger partial charge in [-0.2, -0.15) is 0 Å². The number of methoxy groups -OCH3 is 1. The fourth-order valence-corrected chi connectivity index (χ4v) is 7.13. The van der Waals surface area contributed by atoms with E-state index in [1.165, 1.54) is 0 Å². The second kappa shape index (κ2) is 16.8. The van der Waals surface area contributed by atoms with Crippen LogP contribution >= 0.6 is 7.60 Å². The van der Waals surface area contributed by atoms with E-state index < -0.39 is 25.6 Å². The number of ether oxygens (including phenoxy) is 2. The van der Waals surface area contributed by atoms with Gasteiger partial charge in [-0.25, -0.2) is 14.8 Å². The van der Waals surface area contributed by atoms with Gasteiger partial charge < -0.3 is 38.5 Å². The predicted octanol–water partition coefficient (Wildman–Crippen LogP) is 3.42. The Balaban J connectivity index is 1.59. The summed E-state index contributed by atoms with van der Waals surface area (Å²) < 4.78 is 34.9. The molecule has 0 radical (unpaired) electrons. The highest BCUT2D eigenvalue weighted by molar-refractivity contribution is 7.53. The summed E-state index contributed by atoms with van der Waals surface area (Å²) in [4.78, 5) is 54.5. The molecule has 3 heterocycles. The Morgan fingerprint density at radius 1 is 0.957 bits per heavy atom. The van der Waals surface area contributed by atoms with Crippen LogP contribution in [0, 0.1) is 0 Å². The lowest BCUT2D eigenvalue weighted by Crippen LogP contribution is -2.56. The first kappa shape index (κ1) is 35.3. The van der Waals surface area contributed by atoms with E-state index in [4.69, 9.17) is 23.5 Å². The first-order valence-electron chi connectivity index (χ1n) is 15.8. The highest BCUT2D eigenvalue weighted by Crippen LogP contribution is 2.48. The number of piperazine rings is 1. The topological polar surface area (TPSA) is 153 Å². The van der Waals surface area contributed by atoms with Gasteiger partial charge in [0, 0.05) is 58.0 Å². The molecule has 1 aromatic heterocycles. The lowest BCUT2D eigenvalue weighted by atomic mass is 10.1. The van der Waals surface area contributed by atoms with Crippen LogP contribution in [0.1, 0.15) is 44.1 Å². The molecule has 2 aliphatic rings. The molecule has 2 aromatic rings. The number of hydrogen-bond acceptors (Lipinski definition) is 11. The minimum absolute atomic E-state index is 0.00503. The molecule has 0 saturated carbocycles. The van der Waals surface area contributed by atoms with Gasteiger partial charge in [-0.3, -0.25) is 14.2 Å². The molecule has 2 aliphatic heterocycles. The molecule has 252 valence electrons. The Morgan fingerprint density at radius 3 is 2.24 bits per heavy atom. The fraction of sp³-hybridized carbons (Fsp3) is 0.581. The van der Waals surface area contributed by atoms with Crippen LogP contribution in [-0.4, -0.2) is 122 Å². The smallest absolute Gasteiger partial charge is 0.409 e. The van der Waals surface area contributed by atoms with Crippen LogP contribution in [0.3, 0.4) is 0 Å². The maximum atomic E-state index is 13.9. The van der Waals surface area contributed by atoms with Crippen LogP contribution in [0.25, 0.3) is 11.4 Å². The molecule has 15 heteroatoms. The number of nitrogens with one attached hydrogen (secondary N) is 1. The maximum Gasteiger partial charge on any atom is 0.409 e. The number of anilines is 1. The number of benzene rings is 1. The lowest BCUT2D eigenvalue weighted by Gasteiger charge is -2.36. The molecule has 1 N–H and O–H groups in total. The number of aromatic nitrogens is 2. The molecule has 4 rings (SSSR count). The van der Waals surface area contributed by atoms with Gasteiger partial charge in [-0.15, -0.1) is 0 Å². The van der Waals surface area contributed by atoms with E-state index in [0.29, 0.717) is 24.7 Å². The molecular formula is C31H45N6O8P. The van der Waals surface area contributed by atoms with Crippen LogP contribution in [0.2, 0.25) is 0 Å². The molecule has 2 saturated heterocycles. The van der Waals surface area contributed by atoms with E-state index in [-0.39, 0.29) is 76.3 Å². The van der Waals surface area contributed by atoms with Crippen LogP contribution in [-0.2, 0) is 27.9 Å². The van der Waals surface area contributed by atoms with Crippen molar-refractivity contribution in [2.45, 2.75) is 45.8 Å². The van der Waals surface area contributed by atoms with E-state index in [2.05, 4.69) is 10.3 Å². The van der Waals surface area contributed by atoms with Gasteiger partial charge in [0.05, 0.1) is 32.1 Å². The van der Waals surface area contributed by atoms with Crippen LogP contribution < -0.4 is 10.2 Å². The monoisotopic (exact) mass is 660 g/mol. The van der Waals surface area contributed by atoms with E-state index in [1.807, 2.05) is 35.2 Å². The summed E-state index contributed by atoms with van der Waals surface area (Å²) in [7, 11) is -1.84. The summed E-state index contributed by atoms with van der Waals surface area (Å²) in [6.45, 7) is 8.16. The lowest BCUT2D eigenvalue weighted by molar-refractivity contribution is -0.134. The van der Waals surface area contributed by atoms with Gasteiger partial charge in [-0.1, -0.05) is 30.3 Å². The van der Waals surface area contributed by atoms with Crippen molar-refractivity contribution in [2.75, 3.05) is 77.3 Å². The van der Waals surface area contributed by atoms with Crippen molar-refractivity contribution in [1.82, 2.24) is 25.1 Å². The molecule has 2 unspecified atom stereocenters. The first-order valence-corrected chi connectivity index (χ1v) is 17.5. The summed E-state index contributed by atoms with van der Waals surface area (Å²) >= 11 is 0. The number of nitrogens with zero attached hydrogens (tertiary/aromatic N) is 5. The Labute approximate surface area is 270 Å². The number of carbonyl (C=O) groups excluding carboxylic acids is 3. The summed E-state index contributed by atoms with van der Waals surface area (Å²) in [5.74, 6) is 0.0129. The molecule has 0 spiro atoms. The Hall–Kier alpha value is -3.58. The summed E-state index contributed by atoms with van der Waals surface area (Å²) in [6, 6.07) is 9.91. The van der Waals surface area contributed by atoms with Crippen LogP contribution in [0.15, 0.2) is 36.4 Å². The standard InChI is InChI=1S/C31H45N6O8P/c1-5-43-31(40)36-18-16-35(17-19-36)30(39)25(14-20-46(41,44-6-2)45-7-3)33-29(38)26-21-27(37-15-13-24(22-37)42-4)34-28(32-26)23-11-9-8-10-12-23/h8-12,21,24-25H,5-7,13-20,22H2,1-4H3,(H,33,38). The summed E-state index contributed by atoms with van der Waals surface area (Å²) in [5, 5.41) is 2.86. The second-order valence-electron chi connectivity index (χ2n) is 10.9. The molecule has 0 aliphatic carbocycles. The highest BCUT2D eigenvalue weighted by Gasteiger charge is 2.34. The van der Waals surface area contributed by atoms with Crippen molar-refractivity contribution in [2.24, 2.45) is 0 Å². The third-order valence-electron chi connectivity index (χ3n) is 7.84. The molecule has 14 nitrogen and oxygen atoms in total. The predicted molar refractivity (Wildman–Crippen MR) is 172 cm³/mol. The van der Waals surface area contributed by atoms with Crippen molar-refractivity contribution >= 4 is 31.3 Å². The number of rotatable bonds is 14. The SMILES string of the molecule is CCOC(=O)N1CCN(C(=O)C(CCP(=O)(OCC)OCC)NC(=O)c2cc(N3CCC(OC)C3)nc(-c3ccccc3)n2)CC1.